The molecule has 0 amide bonds. The van der Waals surface area contributed by atoms with E-state index in [9.17, 15) is 9.59 Å². The fourth-order valence-electron chi connectivity index (χ4n) is 5.17. The number of carbonyl (C=O) groups excluding carboxylic acids is 1. The number of hydrogen-bond acceptors (Lipinski definition) is 7. The molecule has 1 unspecified atom stereocenters. The minimum absolute atomic E-state index is 0.00431. The zero-order chi connectivity index (χ0) is 26.1. The number of benzene rings is 1. The summed E-state index contributed by atoms with van der Waals surface area (Å²) in [6.45, 7) is 7.70. The Balaban J connectivity index is 1.51. The number of esters is 1. The largest absolute Gasteiger partial charge is 0.461 e. The standard InChI is InChI=1S/C27H32ClN5O4/c1-4-36-27(35)25-20-16-31(22-14-29-33(26(34)24(22)28)23-11-7-8-12-37-23)18(3)13-21(20)32(30-25)15-19-10-6-5-9-17(19)2/h5-6,9-10,14,18,23H,4,7-8,11-13,15-16H2,1-3H3/t18-,23?/m1/s1. The Morgan fingerprint density at radius 2 is 2.08 bits per heavy atom. The molecule has 1 saturated heterocycles. The molecular formula is C27H32ClN5O4. The zero-order valence-electron chi connectivity index (χ0n) is 21.4. The van der Waals surface area contributed by atoms with Gasteiger partial charge in [-0.2, -0.15) is 14.9 Å². The second-order valence-electron chi connectivity index (χ2n) is 9.67. The highest BCUT2D eigenvalue weighted by molar-refractivity contribution is 6.33. The SMILES string of the molecule is CCOC(=O)c1nn(Cc2ccccc2C)c2c1CN(c1cnn(C3CCCCO3)c(=O)c1Cl)[C@H](C)C2. The molecule has 1 fully saturated rings. The molecule has 10 heteroatoms. The van der Waals surface area contributed by atoms with Gasteiger partial charge in [-0.25, -0.2) is 4.79 Å². The van der Waals surface area contributed by atoms with Crippen LogP contribution in [0.2, 0.25) is 5.02 Å². The van der Waals surface area contributed by atoms with Crippen LogP contribution in [0, 0.1) is 6.92 Å². The first-order chi connectivity index (χ1) is 17.9. The maximum atomic E-state index is 13.2. The Kier molecular flexibility index (Phi) is 7.35. The van der Waals surface area contributed by atoms with Crippen molar-refractivity contribution in [2.24, 2.45) is 0 Å². The van der Waals surface area contributed by atoms with Gasteiger partial charge in [-0.15, -0.1) is 0 Å². The van der Waals surface area contributed by atoms with Crippen molar-refractivity contribution in [3.8, 4) is 0 Å². The lowest BCUT2D eigenvalue weighted by atomic mass is 9.98. The summed E-state index contributed by atoms with van der Waals surface area (Å²) < 4.78 is 14.3. The molecular weight excluding hydrogens is 494 g/mol. The average molecular weight is 526 g/mol. The predicted octanol–water partition coefficient (Wildman–Crippen LogP) is 4.28. The Labute approximate surface area is 220 Å². The molecule has 2 aliphatic rings. The number of rotatable bonds is 6. The van der Waals surface area contributed by atoms with Crippen LogP contribution in [0.5, 0.6) is 0 Å². The topological polar surface area (TPSA) is 91.5 Å². The highest BCUT2D eigenvalue weighted by Gasteiger charge is 2.34. The van der Waals surface area contributed by atoms with Gasteiger partial charge in [-0.3, -0.25) is 9.48 Å². The summed E-state index contributed by atoms with van der Waals surface area (Å²) in [5.74, 6) is -0.453. The number of aromatic nitrogens is 4. The highest BCUT2D eigenvalue weighted by Crippen LogP contribution is 2.34. The molecule has 5 rings (SSSR count). The first-order valence-electron chi connectivity index (χ1n) is 12.8. The number of carbonyl (C=O) groups is 1. The molecule has 0 spiro atoms. The zero-order valence-corrected chi connectivity index (χ0v) is 22.2. The molecule has 2 aliphatic heterocycles. The van der Waals surface area contributed by atoms with Crippen molar-refractivity contribution in [3.05, 3.63) is 73.9 Å². The second-order valence-corrected chi connectivity index (χ2v) is 10.1. The average Bonchev–Trinajstić information content (AvgIpc) is 3.24. The summed E-state index contributed by atoms with van der Waals surface area (Å²) in [5, 5.41) is 9.24. The minimum Gasteiger partial charge on any atom is -0.461 e. The third kappa shape index (κ3) is 4.90. The van der Waals surface area contributed by atoms with E-state index in [2.05, 4.69) is 31.1 Å². The van der Waals surface area contributed by atoms with Crippen molar-refractivity contribution >= 4 is 23.3 Å². The van der Waals surface area contributed by atoms with E-state index in [1.807, 2.05) is 21.7 Å². The Morgan fingerprint density at radius 3 is 2.81 bits per heavy atom. The smallest absolute Gasteiger partial charge is 0.359 e. The maximum absolute atomic E-state index is 13.2. The first-order valence-corrected chi connectivity index (χ1v) is 13.2. The molecule has 0 N–H and O–H groups in total. The summed E-state index contributed by atoms with van der Waals surface area (Å²) >= 11 is 6.64. The number of halogens is 1. The molecule has 0 radical (unpaired) electrons. The number of hydrogen-bond donors (Lipinski definition) is 0. The number of nitrogens with zero attached hydrogens (tertiary/aromatic N) is 5. The van der Waals surface area contributed by atoms with Crippen LogP contribution in [0.25, 0.3) is 0 Å². The van der Waals surface area contributed by atoms with E-state index in [4.69, 9.17) is 26.2 Å². The Hall–Kier alpha value is -3.17. The van der Waals surface area contributed by atoms with Crippen molar-refractivity contribution in [1.29, 1.82) is 0 Å². The summed E-state index contributed by atoms with van der Waals surface area (Å²) in [4.78, 5) is 28.1. The van der Waals surface area contributed by atoms with E-state index >= 15 is 0 Å². The van der Waals surface area contributed by atoms with Gasteiger partial charge in [0.1, 0.15) is 5.02 Å². The Morgan fingerprint density at radius 1 is 1.27 bits per heavy atom. The van der Waals surface area contributed by atoms with Crippen molar-refractivity contribution in [2.45, 2.75) is 71.8 Å². The van der Waals surface area contributed by atoms with Crippen molar-refractivity contribution in [3.63, 3.8) is 0 Å². The van der Waals surface area contributed by atoms with Gasteiger partial charge in [0.15, 0.2) is 11.9 Å². The van der Waals surface area contributed by atoms with E-state index in [0.717, 1.165) is 41.6 Å². The van der Waals surface area contributed by atoms with Gasteiger partial charge < -0.3 is 14.4 Å². The molecule has 4 heterocycles. The van der Waals surface area contributed by atoms with Gasteiger partial charge in [-0.05, 0) is 51.2 Å². The highest BCUT2D eigenvalue weighted by atomic mass is 35.5. The molecule has 2 atom stereocenters. The van der Waals surface area contributed by atoms with Crippen LogP contribution in [0.4, 0.5) is 5.69 Å². The lowest BCUT2D eigenvalue weighted by Gasteiger charge is -2.36. The molecule has 1 aromatic carbocycles. The monoisotopic (exact) mass is 525 g/mol. The van der Waals surface area contributed by atoms with Crippen LogP contribution < -0.4 is 10.5 Å². The van der Waals surface area contributed by atoms with Gasteiger partial charge >= 0.3 is 5.97 Å². The van der Waals surface area contributed by atoms with Gasteiger partial charge in [0.2, 0.25) is 0 Å². The van der Waals surface area contributed by atoms with E-state index < -0.39 is 12.2 Å². The lowest BCUT2D eigenvalue weighted by Crippen LogP contribution is -2.41. The van der Waals surface area contributed by atoms with Gasteiger partial charge in [0, 0.05) is 36.9 Å². The van der Waals surface area contributed by atoms with Crippen LogP contribution in [0.3, 0.4) is 0 Å². The molecule has 37 heavy (non-hydrogen) atoms. The predicted molar refractivity (Wildman–Crippen MR) is 140 cm³/mol. The number of anilines is 1. The summed E-state index contributed by atoms with van der Waals surface area (Å²) in [5.41, 5.74) is 4.55. The summed E-state index contributed by atoms with van der Waals surface area (Å²) in [6, 6.07) is 8.15. The van der Waals surface area contributed by atoms with Crippen LogP contribution in [0.15, 0.2) is 35.3 Å². The third-order valence-corrected chi connectivity index (χ3v) is 7.58. The van der Waals surface area contributed by atoms with Crippen LogP contribution >= 0.6 is 11.6 Å². The van der Waals surface area contributed by atoms with E-state index in [1.54, 1.807) is 13.1 Å². The molecule has 2 aromatic heterocycles. The molecule has 0 bridgehead atoms. The fourth-order valence-corrected chi connectivity index (χ4v) is 5.41. The van der Waals surface area contributed by atoms with Crippen molar-refractivity contribution < 1.29 is 14.3 Å². The normalized spacial score (nSPS) is 19.5. The number of fused-ring (bicyclic) bond motifs is 1. The molecule has 196 valence electrons. The lowest BCUT2D eigenvalue weighted by molar-refractivity contribution is -0.0424. The van der Waals surface area contributed by atoms with E-state index in [0.29, 0.717) is 37.5 Å². The van der Waals surface area contributed by atoms with Crippen LogP contribution in [0.1, 0.15) is 72.2 Å². The van der Waals surface area contributed by atoms with Crippen LogP contribution in [-0.2, 0) is 29.0 Å². The second kappa shape index (κ2) is 10.7. The van der Waals surface area contributed by atoms with Crippen molar-refractivity contribution in [1.82, 2.24) is 19.6 Å². The molecule has 0 saturated carbocycles. The minimum atomic E-state index is -0.453. The number of aryl methyl sites for hydroxylation is 1. The van der Waals surface area contributed by atoms with Gasteiger partial charge in [-0.1, -0.05) is 35.9 Å². The maximum Gasteiger partial charge on any atom is 0.359 e. The molecule has 3 aromatic rings. The summed E-state index contributed by atoms with van der Waals surface area (Å²) in [6.07, 6.45) is 4.55. The fraction of sp³-hybridized carbons (Fsp3) is 0.481. The molecule has 0 aliphatic carbocycles. The first kappa shape index (κ1) is 25.5. The van der Waals surface area contributed by atoms with E-state index in [-0.39, 0.29) is 23.2 Å². The van der Waals surface area contributed by atoms with Gasteiger partial charge in [0.05, 0.1) is 25.0 Å². The van der Waals surface area contributed by atoms with Gasteiger partial charge in [0.25, 0.3) is 5.56 Å². The quantitative estimate of drug-likeness (QED) is 0.444. The number of ether oxygens (including phenoxy) is 2. The van der Waals surface area contributed by atoms with E-state index in [1.165, 1.54) is 4.68 Å². The van der Waals surface area contributed by atoms with Crippen LogP contribution in [-0.4, -0.2) is 44.8 Å². The summed E-state index contributed by atoms with van der Waals surface area (Å²) in [7, 11) is 0. The molecule has 9 nitrogen and oxygen atoms in total. The Bertz CT molecular complexity index is 1360. The third-order valence-electron chi connectivity index (χ3n) is 7.23. The van der Waals surface area contributed by atoms with Crippen molar-refractivity contribution in [2.75, 3.05) is 18.1 Å².